The fourth-order valence-electron chi connectivity index (χ4n) is 5.94. The Labute approximate surface area is 398 Å². The van der Waals surface area contributed by atoms with Crippen LogP contribution in [0.4, 0.5) is 0 Å². The molecule has 368 valence electrons. The second-order valence-corrected chi connectivity index (χ2v) is 18.5. The zero-order valence-corrected chi connectivity index (χ0v) is 42.6. The van der Waals surface area contributed by atoms with E-state index in [1.54, 1.807) is 0 Å². The number of likely N-dealkylation sites (N-methyl/N-ethyl adjacent to an activating group) is 1. The lowest BCUT2D eigenvalue weighted by molar-refractivity contribution is -0.870. The summed E-state index contributed by atoms with van der Waals surface area (Å²) in [6.45, 7) is 5.25. The molecule has 0 fully saturated rings. The van der Waals surface area contributed by atoms with Crippen LogP contribution < -0.4 is 0 Å². The van der Waals surface area contributed by atoms with Crippen molar-refractivity contribution in [2.24, 2.45) is 0 Å². The molecule has 0 aliphatic rings. The van der Waals surface area contributed by atoms with Gasteiger partial charge >= 0.3 is 13.8 Å². The van der Waals surface area contributed by atoms with Crippen molar-refractivity contribution in [3.8, 4) is 0 Å². The molecule has 0 bridgehead atoms. The minimum Gasteiger partial charge on any atom is -0.457 e. The van der Waals surface area contributed by atoms with Crippen LogP contribution in [0.25, 0.3) is 0 Å². The Morgan fingerprint density at radius 1 is 0.477 bits per heavy atom. The Bertz CT molecular complexity index is 1490. The number of hydrogen-bond donors (Lipinski definition) is 1. The van der Waals surface area contributed by atoms with E-state index in [0.717, 1.165) is 103 Å². The van der Waals surface area contributed by atoms with Crippen LogP contribution in [-0.4, -0.2) is 75.6 Å². The highest BCUT2D eigenvalue weighted by molar-refractivity contribution is 7.47. The number of hydrogen-bond acceptors (Lipinski definition) is 6. The molecule has 1 N–H and O–H groups in total. The number of carbonyl (C=O) groups is 1. The van der Waals surface area contributed by atoms with Gasteiger partial charge in [-0.2, -0.15) is 0 Å². The van der Waals surface area contributed by atoms with Crippen molar-refractivity contribution < 1.29 is 37.3 Å². The van der Waals surface area contributed by atoms with Gasteiger partial charge in [-0.3, -0.25) is 13.8 Å². The average Bonchev–Trinajstić information content (AvgIpc) is 3.27. The first kappa shape index (κ1) is 61.6. The molecule has 0 aromatic rings. The molecular weight excluding hydrogens is 830 g/mol. The van der Waals surface area contributed by atoms with Crippen LogP contribution in [0, 0.1) is 0 Å². The molecule has 2 atom stereocenters. The number of allylic oxidation sites excluding steroid dienone is 22. The molecule has 0 heterocycles. The lowest BCUT2D eigenvalue weighted by Crippen LogP contribution is -2.37. The summed E-state index contributed by atoms with van der Waals surface area (Å²) in [5, 5.41) is 0. The number of carbonyl (C=O) groups excluding carboxylic acids is 1. The predicted octanol–water partition coefficient (Wildman–Crippen LogP) is 15.5. The Morgan fingerprint density at radius 2 is 0.846 bits per heavy atom. The van der Waals surface area contributed by atoms with Crippen LogP contribution in [0.15, 0.2) is 134 Å². The third kappa shape index (κ3) is 51.5. The molecule has 0 saturated carbocycles. The summed E-state index contributed by atoms with van der Waals surface area (Å²) in [5.74, 6) is -0.381. The Hall–Kier alpha value is -3.36. The van der Waals surface area contributed by atoms with E-state index in [-0.39, 0.29) is 32.2 Å². The number of ether oxygens (including phenoxy) is 2. The van der Waals surface area contributed by atoms with Crippen LogP contribution in [-0.2, 0) is 27.9 Å². The van der Waals surface area contributed by atoms with E-state index in [9.17, 15) is 14.3 Å². The van der Waals surface area contributed by atoms with Gasteiger partial charge in [0.1, 0.15) is 19.3 Å². The van der Waals surface area contributed by atoms with Crippen LogP contribution in [0.1, 0.15) is 155 Å². The summed E-state index contributed by atoms with van der Waals surface area (Å²) in [6.07, 6.45) is 69.3. The van der Waals surface area contributed by atoms with Gasteiger partial charge in [0.2, 0.25) is 0 Å². The van der Waals surface area contributed by atoms with Gasteiger partial charge in [-0.1, -0.05) is 180 Å². The normalized spacial score (nSPS) is 14.7. The number of nitrogens with zero attached hydrogens (tertiary/aromatic N) is 1. The predicted molar refractivity (Wildman–Crippen MR) is 279 cm³/mol. The standard InChI is InChI=1S/C56H92NO7P/c1-6-8-10-12-14-16-18-20-22-24-26-28-29-30-31-33-35-37-39-41-43-45-47-49-56(58)64-55(54-63-65(59,60)62-52-50-57(3,4)5)53-61-51-48-46-44-42-40-38-36-34-32-27-25-23-21-19-17-15-13-11-9-7-2/h8-11,14-17,20-23,26-28,30-32,35,37,41,43,55H,6-7,12-13,18-19,24-25,29,33-34,36,38-40,42,44-54H2,1-5H3/p+1/b10-8-,11-9-,16-14-,17-15-,22-20-,23-21-,28-26-,31-30-,32-27-,37-35-,43-41-. The maximum Gasteiger partial charge on any atom is 0.472 e. The summed E-state index contributed by atoms with van der Waals surface area (Å²) in [7, 11) is 1.60. The summed E-state index contributed by atoms with van der Waals surface area (Å²) < 4.78 is 35.0. The van der Waals surface area contributed by atoms with Gasteiger partial charge in [0.05, 0.1) is 34.4 Å². The van der Waals surface area contributed by atoms with E-state index in [4.69, 9.17) is 18.5 Å². The molecule has 0 amide bonds. The Morgan fingerprint density at radius 3 is 1.26 bits per heavy atom. The average molecular weight is 923 g/mol. The van der Waals surface area contributed by atoms with E-state index in [2.05, 4.69) is 148 Å². The van der Waals surface area contributed by atoms with Crippen LogP contribution in [0.2, 0.25) is 0 Å². The first-order valence-electron chi connectivity index (χ1n) is 24.9. The van der Waals surface area contributed by atoms with Crippen LogP contribution in [0.3, 0.4) is 0 Å². The summed E-state index contributed by atoms with van der Waals surface area (Å²) >= 11 is 0. The largest absolute Gasteiger partial charge is 0.472 e. The Balaban J connectivity index is 4.35. The fraction of sp³-hybridized carbons (Fsp3) is 0.589. The first-order chi connectivity index (χ1) is 31.6. The minimum absolute atomic E-state index is 0.0666. The molecule has 9 heteroatoms. The van der Waals surface area contributed by atoms with E-state index in [1.165, 1.54) is 25.7 Å². The molecule has 8 nitrogen and oxygen atoms in total. The molecule has 0 radical (unpaired) electrons. The SMILES string of the molecule is CC/C=C\C/C=C\C/C=C\C/C=C\C/C=C\C/C=C\C/C=C\CCCC(=O)OC(COCCCCCCCCC/C=C\C/C=C\C/C=C\C/C=C\CC)COP(=O)(O)OCC[N+](C)(C)C. The lowest BCUT2D eigenvalue weighted by atomic mass is 10.1. The lowest BCUT2D eigenvalue weighted by Gasteiger charge is -2.24. The molecule has 0 saturated heterocycles. The van der Waals surface area contributed by atoms with Gasteiger partial charge in [0.15, 0.2) is 0 Å². The van der Waals surface area contributed by atoms with E-state index < -0.39 is 13.9 Å². The third-order valence-corrected chi connectivity index (χ3v) is 10.7. The van der Waals surface area contributed by atoms with E-state index >= 15 is 0 Å². The van der Waals surface area contributed by atoms with Crippen molar-refractivity contribution in [1.82, 2.24) is 0 Å². The number of quaternary nitrogens is 1. The molecule has 0 rings (SSSR count). The number of phosphoric ester groups is 1. The molecular formula is C56H93NO7P+. The number of esters is 1. The van der Waals surface area contributed by atoms with Gasteiger partial charge in [0.25, 0.3) is 0 Å². The summed E-state index contributed by atoms with van der Waals surface area (Å²) in [5.41, 5.74) is 0. The maximum absolute atomic E-state index is 12.7. The van der Waals surface area contributed by atoms with Crippen molar-refractivity contribution in [2.45, 2.75) is 161 Å². The second kappa shape index (κ2) is 47.1. The van der Waals surface area contributed by atoms with Gasteiger partial charge < -0.3 is 18.9 Å². The van der Waals surface area contributed by atoms with Crippen molar-refractivity contribution in [3.05, 3.63) is 134 Å². The quantitative estimate of drug-likeness (QED) is 0.0214. The molecule has 0 aliphatic heterocycles. The summed E-state index contributed by atoms with van der Waals surface area (Å²) in [4.78, 5) is 23.0. The molecule has 0 aliphatic carbocycles. The topological polar surface area (TPSA) is 91.3 Å². The van der Waals surface area contributed by atoms with Gasteiger partial charge in [-0.05, 0) is 103 Å². The van der Waals surface area contributed by atoms with E-state index in [0.29, 0.717) is 24.1 Å². The van der Waals surface area contributed by atoms with Gasteiger partial charge in [0, 0.05) is 13.0 Å². The maximum atomic E-state index is 12.7. The zero-order valence-electron chi connectivity index (χ0n) is 41.7. The number of rotatable bonds is 44. The third-order valence-electron chi connectivity index (χ3n) is 9.71. The van der Waals surface area contributed by atoms with Crippen LogP contribution >= 0.6 is 7.82 Å². The molecule has 0 spiro atoms. The highest BCUT2D eigenvalue weighted by Gasteiger charge is 2.26. The van der Waals surface area contributed by atoms with Crippen molar-refractivity contribution >= 4 is 13.8 Å². The first-order valence-corrected chi connectivity index (χ1v) is 26.4. The number of phosphoric acid groups is 1. The highest BCUT2D eigenvalue weighted by Crippen LogP contribution is 2.43. The highest BCUT2D eigenvalue weighted by atomic mass is 31.2. The van der Waals surface area contributed by atoms with Crippen molar-refractivity contribution in [2.75, 3.05) is 54.1 Å². The van der Waals surface area contributed by atoms with Crippen molar-refractivity contribution in [3.63, 3.8) is 0 Å². The Kier molecular flexibility index (Phi) is 44.7. The molecule has 2 unspecified atom stereocenters. The smallest absolute Gasteiger partial charge is 0.457 e. The molecule has 0 aromatic heterocycles. The second-order valence-electron chi connectivity index (χ2n) is 17.1. The minimum atomic E-state index is -4.31. The van der Waals surface area contributed by atoms with Crippen molar-refractivity contribution in [1.29, 1.82) is 0 Å². The fourth-order valence-corrected chi connectivity index (χ4v) is 6.68. The van der Waals surface area contributed by atoms with E-state index in [1.807, 2.05) is 21.1 Å². The molecule has 65 heavy (non-hydrogen) atoms. The van der Waals surface area contributed by atoms with Gasteiger partial charge in [-0.25, -0.2) is 4.57 Å². The monoisotopic (exact) mass is 923 g/mol. The van der Waals surface area contributed by atoms with Gasteiger partial charge in [-0.15, -0.1) is 0 Å². The zero-order chi connectivity index (χ0) is 47.6. The number of unbranched alkanes of at least 4 members (excludes halogenated alkanes) is 8. The van der Waals surface area contributed by atoms with Crippen LogP contribution in [0.5, 0.6) is 0 Å². The summed E-state index contributed by atoms with van der Waals surface area (Å²) in [6, 6.07) is 0. The molecule has 0 aromatic carbocycles.